The quantitative estimate of drug-likeness (QED) is 0.653. The number of carbonyl (C=O) groups is 1. The summed E-state index contributed by atoms with van der Waals surface area (Å²) in [5.41, 5.74) is 4.54. The molecule has 0 saturated carbocycles. The van der Waals surface area contributed by atoms with Crippen LogP contribution >= 0.6 is 15.9 Å². The van der Waals surface area contributed by atoms with Crippen molar-refractivity contribution in [3.05, 3.63) is 69.8 Å². The maximum Gasteiger partial charge on any atom is 0.323 e. The molecule has 4 rings (SSSR count). The summed E-state index contributed by atoms with van der Waals surface area (Å²) >= 11 is 3.48. The average Bonchev–Trinajstić information content (AvgIpc) is 3.00. The summed E-state index contributed by atoms with van der Waals surface area (Å²) in [4.78, 5) is 15.9. The predicted octanol–water partition coefficient (Wildman–Crippen LogP) is 4.10. The fourth-order valence-electron chi connectivity index (χ4n) is 3.55. The second kappa shape index (κ2) is 6.65. The molecule has 3 aromatic rings. The van der Waals surface area contributed by atoms with Crippen LogP contribution in [0.5, 0.6) is 0 Å². The van der Waals surface area contributed by atoms with Gasteiger partial charge >= 0.3 is 5.97 Å². The van der Waals surface area contributed by atoms with Crippen molar-refractivity contribution in [2.45, 2.75) is 25.4 Å². The Kier molecular flexibility index (Phi) is 4.36. The van der Waals surface area contributed by atoms with Crippen LogP contribution < -0.4 is 5.32 Å². The fraction of sp³-hybridized carbons (Fsp3) is 0.250. The molecule has 1 aliphatic heterocycles. The van der Waals surface area contributed by atoms with Crippen LogP contribution in [0.3, 0.4) is 0 Å². The number of halogens is 1. The van der Waals surface area contributed by atoms with E-state index in [-0.39, 0.29) is 18.1 Å². The number of rotatable bonds is 3. The van der Waals surface area contributed by atoms with Crippen LogP contribution in [0.2, 0.25) is 0 Å². The molecule has 2 atom stereocenters. The lowest BCUT2D eigenvalue weighted by Crippen LogP contribution is -2.45. The van der Waals surface area contributed by atoms with Gasteiger partial charge in [-0.15, -0.1) is 0 Å². The minimum Gasteiger partial charge on any atom is -0.465 e. The van der Waals surface area contributed by atoms with E-state index in [9.17, 15) is 4.79 Å². The molecule has 2 aromatic carbocycles. The number of ether oxygens (including phenoxy) is 1. The highest BCUT2D eigenvalue weighted by Gasteiger charge is 2.34. The molecular formula is C20H19BrN2O2. The first kappa shape index (κ1) is 16.4. The van der Waals surface area contributed by atoms with E-state index in [1.807, 2.05) is 31.2 Å². The van der Waals surface area contributed by atoms with E-state index < -0.39 is 0 Å². The lowest BCUT2D eigenvalue weighted by atomic mass is 9.90. The number of fused-ring (bicyclic) bond motifs is 3. The first-order valence-corrected chi connectivity index (χ1v) is 9.24. The van der Waals surface area contributed by atoms with Gasteiger partial charge in [-0.25, -0.2) is 0 Å². The monoisotopic (exact) mass is 398 g/mol. The number of benzene rings is 2. The Morgan fingerprint density at radius 2 is 1.96 bits per heavy atom. The van der Waals surface area contributed by atoms with E-state index >= 15 is 0 Å². The highest BCUT2D eigenvalue weighted by molar-refractivity contribution is 9.10. The van der Waals surface area contributed by atoms with Gasteiger partial charge in [0.1, 0.15) is 6.04 Å². The topological polar surface area (TPSA) is 54.1 Å². The zero-order chi connectivity index (χ0) is 17.4. The first-order chi connectivity index (χ1) is 12.2. The van der Waals surface area contributed by atoms with Crippen LogP contribution in [-0.2, 0) is 16.0 Å². The molecule has 0 bridgehead atoms. The summed E-state index contributed by atoms with van der Waals surface area (Å²) in [5, 5.41) is 4.65. The van der Waals surface area contributed by atoms with E-state index in [0.29, 0.717) is 13.0 Å². The summed E-state index contributed by atoms with van der Waals surface area (Å²) in [6.45, 7) is 2.23. The lowest BCUT2D eigenvalue weighted by Gasteiger charge is -2.30. The molecule has 128 valence electrons. The zero-order valence-corrected chi connectivity index (χ0v) is 15.5. The normalized spacial score (nSPS) is 19.6. The Morgan fingerprint density at radius 1 is 1.20 bits per heavy atom. The van der Waals surface area contributed by atoms with Crippen molar-refractivity contribution < 1.29 is 9.53 Å². The van der Waals surface area contributed by atoms with Crippen LogP contribution in [0.15, 0.2) is 53.0 Å². The third kappa shape index (κ3) is 2.98. The molecular weight excluding hydrogens is 380 g/mol. The van der Waals surface area contributed by atoms with Gasteiger partial charge in [-0.05, 0) is 36.2 Å². The fourth-order valence-corrected chi connectivity index (χ4v) is 3.81. The second-order valence-corrected chi connectivity index (χ2v) is 7.14. The minimum atomic E-state index is -0.347. The smallest absolute Gasteiger partial charge is 0.323 e. The summed E-state index contributed by atoms with van der Waals surface area (Å²) in [5.74, 6) is -0.194. The van der Waals surface area contributed by atoms with E-state index in [4.69, 9.17) is 4.74 Å². The van der Waals surface area contributed by atoms with Crippen molar-refractivity contribution in [3.8, 4) is 0 Å². The van der Waals surface area contributed by atoms with Gasteiger partial charge in [-0.3, -0.25) is 10.1 Å². The van der Waals surface area contributed by atoms with Crippen molar-refractivity contribution in [1.82, 2.24) is 10.3 Å². The molecule has 0 saturated heterocycles. The minimum absolute atomic E-state index is 0.0707. The molecule has 0 unspecified atom stereocenters. The third-order valence-electron chi connectivity index (χ3n) is 4.69. The van der Waals surface area contributed by atoms with Crippen LogP contribution in [0.4, 0.5) is 0 Å². The van der Waals surface area contributed by atoms with Gasteiger partial charge in [0, 0.05) is 27.5 Å². The molecule has 4 nitrogen and oxygen atoms in total. The van der Waals surface area contributed by atoms with E-state index in [0.717, 1.165) is 21.2 Å². The van der Waals surface area contributed by atoms with Gasteiger partial charge in [-0.1, -0.05) is 46.3 Å². The number of aromatic nitrogens is 1. The summed E-state index contributed by atoms with van der Waals surface area (Å²) in [6, 6.07) is 16.0. The Morgan fingerprint density at radius 3 is 2.72 bits per heavy atom. The predicted molar refractivity (Wildman–Crippen MR) is 102 cm³/mol. The number of para-hydroxylation sites is 1. The summed E-state index contributed by atoms with van der Waals surface area (Å²) in [6.07, 6.45) is 0.630. The van der Waals surface area contributed by atoms with E-state index in [1.54, 1.807) is 0 Å². The van der Waals surface area contributed by atoms with Gasteiger partial charge in [-0.2, -0.15) is 0 Å². The molecule has 1 aromatic heterocycles. The van der Waals surface area contributed by atoms with Crippen molar-refractivity contribution in [3.63, 3.8) is 0 Å². The molecule has 2 N–H and O–H groups in total. The third-order valence-corrected chi connectivity index (χ3v) is 5.21. The van der Waals surface area contributed by atoms with Crippen molar-refractivity contribution in [2.24, 2.45) is 0 Å². The number of carbonyl (C=O) groups excluding carboxylic acids is 1. The first-order valence-electron chi connectivity index (χ1n) is 8.45. The standard InChI is InChI=1S/C20H19BrN2O2/c1-2-25-20(24)17-11-15-14-5-3-4-6-16(14)22-19(15)18(23-17)12-7-9-13(21)10-8-12/h3-10,17-18,22-23H,2,11H2,1H3/t17-,18-/m0/s1. The Bertz CT molecular complexity index is 917. The lowest BCUT2D eigenvalue weighted by molar-refractivity contribution is -0.146. The van der Waals surface area contributed by atoms with Crippen molar-refractivity contribution in [2.75, 3.05) is 6.61 Å². The van der Waals surface area contributed by atoms with Crippen LogP contribution in [0.1, 0.15) is 29.8 Å². The number of hydrogen-bond donors (Lipinski definition) is 2. The van der Waals surface area contributed by atoms with Crippen LogP contribution in [0.25, 0.3) is 10.9 Å². The Balaban J connectivity index is 1.82. The largest absolute Gasteiger partial charge is 0.465 e. The second-order valence-electron chi connectivity index (χ2n) is 6.22. The van der Waals surface area contributed by atoms with Crippen molar-refractivity contribution in [1.29, 1.82) is 0 Å². The molecule has 0 radical (unpaired) electrons. The molecule has 0 aliphatic carbocycles. The van der Waals surface area contributed by atoms with Gasteiger partial charge < -0.3 is 9.72 Å². The highest BCUT2D eigenvalue weighted by atomic mass is 79.9. The maximum absolute atomic E-state index is 12.4. The zero-order valence-electron chi connectivity index (χ0n) is 13.9. The SMILES string of the molecule is CCOC(=O)[C@@H]1Cc2c([nH]c3ccccc23)[C@H](c2ccc(Br)cc2)N1. The Labute approximate surface area is 154 Å². The Hall–Kier alpha value is -2.11. The summed E-state index contributed by atoms with van der Waals surface area (Å²) < 4.78 is 6.30. The number of nitrogens with one attached hydrogen (secondary N) is 2. The van der Waals surface area contributed by atoms with E-state index in [1.165, 1.54) is 10.9 Å². The number of H-pyrrole nitrogens is 1. The molecule has 25 heavy (non-hydrogen) atoms. The number of aromatic amines is 1. The van der Waals surface area contributed by atoms with Crippen LogP contribution in [0, 0.1) is 0 Å². The maximum atomic E-state index is 12.4. The van der Waals surface area contributed by atoms with Gasteiger partial charge in [0.25, 0.3) is 0 Å². The highest BCUT2D eigenvalue weighted by Crippen LogP contribution is 2.35. The molecule has 1 aliphatic rings. The van der Waals surface area contributed by atoms with Gasteiger partial charge in [0.05, 0.1) is 12.6 Å². The van der Waals surface area contributed by atoms with Gasteiger partial charge in [0.15, 0.2) is 0 Å². The molecule has 0 amide bonds. The van der Waals surface area contributed by atoms with Crippen molar-refractivity contribution >= 4 is 32.8 Å². The molecule has 0 fully saturated rings. The summed E-state index contributed by atoms with van der Waals surface area (Å²) in [7, 11) is 0. The number of hydrogen-bond acceptors (Lipinski definition) is 3. The van der Waals surface area contributed by atoms with Gasteiger partial charge in [0.2, 0.25) is 0 Å². The van der Waals surface area contributed by atoms with E-state index in [2.05, 4.69) is 50.5 Å². The average molecular weight is 399 g/mol. The van der Waals surface area contributed by atoms with Crippen LogP contribution in [-0.4, -0.2) is 23.6 Å². The molecule has 2 heterocycles. The number of esters is 1. The molecule has 5 heteroatoms. The molecule has 0 spiro atoms.